The molecule has 1 aliphatic carbocycles. The van der Waals surface area contributed by atoms with Gasteiger partial charge in [-0.05, 0) is 69.9 Å². The van der Waals surface area contributed by atoms with E-state index >= 15 is 0 Å². The third kappa shape index (κ3) is 2.70. The molecule has 4 rings (SSSR count). The molecule has 0 bridgehead atoms. The highest BCUT2D eigenvalue weighted by Gasteiger charge is 2.52. The molecule has 1 saturated heterocycles. The summed E-state index contributed by atoms with van der Waals surface area (Å²) in [5, 5.41) is 22.3. The molecule has 2 aliphatic rings. The van der Waals surface area contributed by atoms with Gasteiger partial charge in [0.25, 0.3) is 0 Å². The van der Waals surface area contributed by atoms with Crippen molar-refractivity contribution in [3.63, 3.8) is 0 Å². The number of aliphatic hydroxyl groups excluding tert-OH is 1. The van der Waals surface area contributed by atoms with Gasteiger partial charge in [-0.25, -0.2) is 0 Å². The second-order valence-corrected chi connectivity index (χ2v) is 8.03. The minimum absolute atomic E-state index is 0.0665. The quantitative estimate of drug-likeness (QED) is 0.788. The van der Waals surface area contributed by atoms with E-state index in [4.69, 9.17) is 0 Å². The average Bonchev–Trinajstić information content (AvgIpc) is 3.09. The normalized spacial score (nSPS) is 24.3. The molecule has 26 heavy (non-hydrogen) atoms. The average molecular weight is 354 g/mol. The second-order valence-electron chi connectivity index (χ2n) is 8.03. The molecule has 1 aromatic heterocycles. The predicted octanol–water partition coefficient (Wildman–Crippen LogP) is 2.24. The van der Waals surface area contributed by atoms with Crippen molar-refractivity contribution in [1.82, 2.24) is 20.4 Å². The van der Waals surface area contributed by atoms with Crippen LogP contribution in [-0.4, -0.2) is 53.0 Å². The van der Waals surface area contributed by atoms with Gasteiger partial charge in [0.15, 0.2) is 0 Å². The summed E-state index contributed by atoms with van der Waals surface area (Å²) in [6, 6.07) is 8.75. The first-order valence-corrected chi connectivity index (χ1v) is 9.73. The van der Waals surface area contributed by atoms with Crippen molar-refractivity contribution in [1.29, 1.82) is 0 Å². The molecule has 1 aromatic carbocycles. The van der Waals surface area contributed by atoms with E-state index in [-0.39, 0.29) is 17.6 Å². The van der Waals surface area contributed by atoms with Crippen LogP contribution < -0.4 is 5.32 Å². The summed E-state index contributed by atoms with van der Waals surface area (Å²) in [6.45, 7) is 7.01. The third-order valence-electron chi connectivity index (χ3n) is 6.65. The largest absolute Gasteiger partial charge is 0.390 e. The Hall–Kier alpha value is -1.69. The summed E-state index contributed by atoms with van der Waals surface area (Å²) in [5.74, 6) is 0. The van der Waals surface area contributed by atoms with E-state index < -0.39 is 0 Å². The van der Waals surface area contributed by atoms with Crippen molar-refractivity contribution in [3.8, 4) is 0 Å². The van der Waals surface area contributed by atoms with Crippen LogP contribution in [0, 0.1) is 13.8 Å². The maximum Gasteiger partial charge on any atom is 0.0834 e. The fraction of sp³-hybridized carbons (Fsp3) is 0.571. The monoisotopic (exact) mass is 354 g/mol. The number of nitrogens with zero attached hydrogens (tertiary/aromatic N) is 2. The standard InChI is InChI=1S/C21H30N4O/c1-14-16(15(2)24-23-14)8-13-25(3)19-17-6-4-5-7-18(17)21(20(19)26)9-11-22-12-10-21/h4-7,19-20,22,26H,8-13H2,1-3H3,(H,23,24)/t19-,20+/m1/s1. The van der Waals surface area contributed by atoms with Gasteiger partial charge in [-0.3, -0.25) is 10.00 Å². The topological polar surface area (TPSA) is 64.2 Å². The summed E-state index contributed by atoms with van der Waals surface area (Å²) in [7, 11) is 2.15. The summed E-state index contributed by atoms with van der Waals surface area (Å²) in [4.78, 5) is 2.34. The van der Waals surface area contributed by atoms with Crippen molar-refractivity contribution < 1.29 is 5.11 Å². The Morgan fingerprint density at radius 2 is 1.96 bits per heavy atom. The van der Waals surface area contributed by atoms with Crippen LogP contribution in [0.3, 0.4) is 0 Å². The third-order valence-corrected chi connectivity index (χ3v) is 6.65. The highest BCUT2D eigenvalue weighted by Crippen LogP contribution is 2.51. The molecule has 1 aliphatic heterocycles. The summed E-state index contributed by atoms with van der Waals surface area (Å²) >= 11 is 0. The molecular weight excluding hydrogens is 324 g/mol. The molecule has 3 N–H and O–H groups in total. The van der Waals surface area contributed by atoms with E-state index in [0.717, 1.165) is 50.3 Å². The molecule has 2 heterocycles. The maximum absolute atomic E-state index is 11.4. The molecule has 0 amide bonds. The summed E-state index contributed by atoms with van der Waals surface area (Å²) in [6.07, 6.45) is 2.62. The Morgan fingerprint density at radius 3 is 2.65 bits per heavy atom. The summed E-state index contributed by atoms with van der Waals surface area (Å²) in [5.41, 5.74) is 6.11. The number of aromatic nitrogens is 2. The van der Waals surface area contributed by atoms with Gasteiger partial charge in [0.1, 0.15) is 0 Å². The minimum atomic E-state index is -0.349. The lowest BCUT2D eigenvalue weighted by Crippen LogP contribution is -2.48. The minimum Gasteiger partial charge on any atom is -0.390 e. The number of rotatable bonds is 4. The number of H-pyrrole nitrogens is 1. The first kappa shape index (κ1) is 17.7. The highest BCUT2D eigenvalue weighted by atomic mass is 16.3. The number of hydrogen-bond acceptors (Lipinski definition) is 4. The number of aliphatic hydroxyl groups is 1. The first-order chi connectivity index (χ1) is 12.5. The number of piperidine rings is 1. The van der Waals surface area contributed by atoms with Gasteiger partial charge in [0.2, 0.25) is 0 Å². The lowest BCUT2D eigenvalue weighted by molar-refractivity contribution is 0.00692. The zero-order valence-electron chi connectivity index (χ0n) is 16.0. The Balaban J connectivity index is 1.59. The van der Waals surface area contributed by atoms with Crippen LogP contribution >= 0.6 is 0 Å². The van der Waals surface area contributed by atoms with E-state index in [2.05, 4.69) is 65.6 Å². The number of aryl methyl sites for hydroxylation is 2. The Labute approximate surface area is 155 Å². The molecule has 1 fully saturated rings. The van der Waals surface area contributed by atoms with Crippen LogP contribution in [0.5, 0.6) is 0 Å². The van der Waals surface area contributed by atoms with Crippen molar-refractivity contribution in [2.75, 3.05) is 26.7 Å². The molecule has 0 radical (unpaired) electrons. The molecule has 140 valence electrons. The van der Waals surface area contributed by atoms with Gasteiger partial charge in [0.05, 0.1) is 17.8 Å². The Kier molecular flexibility index (Phi) is 4.63. The Bertz CT molecular complexity index is 759. The maximum atomic E-state index is 11.4. The number of benzene rings is 1. The SMILES string of the molecule is Cc1n[nH]c(C)c1CCN(C)[C@@H]1c2ccccc2C2(CCNCC2)[C@H]1O. The lowest BCUT2D eigenvalue weighted by atomic mass is 9.72. The van der Waals surface area contributed by atoms with Crippen molar-refractivity contribution in [3.05, 3.63) is 52.3 Å². The zero-order chi connectivity index (χ0) is 18.3. The smallest absolute Gasteiger partial charge is 0.0834 e. The van der Waals surface area contributed by atoms with E-state index in [9.17, 15) is 5.11 Å². The van der Waals surface area contributed by atoms with Crippen molar-refractivity contribution in [2.24, 2.45) is 0 Å². The van der Waals surface area contributed by atoms with E-state index in [1.54, 1.807) is 0 Å². The zero-order valence-corrected chi connectivity index (χ0v) is 16.0. The van der Waals surface area contributed by atoms with Crippen LogP contribution in [0.2, 0.25) is 0 Å². The fourth-order valence-corrected chi connectivity index (χ4v) is 5.13. The van der Waals surface area contributed by atoms with E-state index in [0.29, 0.717) is 0 Å². The van der Waals surface area contributed by atoms with Crippen LogP contribution in [0.4, 0.5) is 0 Å². The van der Waals surface area contributed by atoms with Gasteiger partial charge in [-0.2, -0.15) is 5.10 Å². The number of hydrogen-bond donors (Lipinski definition) is 3. The number of likely N-dealkylation sites (N-methyl/N-ethyl adjacent to an activating group) is 1. The highest BCUT2D eigenvalue weighted by molar-refractivity contribution is 5.45. The van der Waals surface area contributed by atoms with Crippen molar-refractivity contribution >= 4 is 0 Å². The van der Waals surface area contributed by atoms with E-state index in [1.165, 1.54) is 16.7 Å². The van der Waals surface area contributed by atoms with Gasteiger partial charge in [-0.1, -0.05) is 24.3 Å². The predicted molar refractivity (Wildman–Crippen MR) is 103 cm³/mol. The molecule has 1 spiro atoms. The number of aromatic amines is 1. The van der Waals surface area contributed by atoms with Crippen LogP contribution in [0.1, 0.15) is 47.0 Å². The first-order valence-electron chi connectivity index (χ1n) is 9.73. The molecule has 2 aromatic rings. The second kappa shape index (κ2) is 6.80. The lowest BCUT2D eigenvalue weighted by Gasteiger charge is -2.40. The van der Waals surface area contributed by atoms with Gasteiger partial charge < -0.3 is 10.4 Å². The van der Waals surface area contributed by atoms with Crippen LogP contribution in [0.25, 0.3) is 0 Å². The molecule has 0 unspecified atom stereocenters. The van der Waals surface area contributed by atoms with Crippen LogP contribution in [-0.2, 0) is 11.8 Å². The molecule has 5 nitrogen and oxygen atoms in total. The number of fused-ring (bicyclic) bond motifs is 2. The fourth-order valence-electron chi connectivity index (χ4n) is 5.13. The van der Waals surface area contributed by atoms with Gasteiger partial charge in [0, 0.05) is 17.7 Å². The van der Waals surface area contributed by atoms with Gasteiger partial charge >= 0.3 is 0 Å². The molecule has 0 saturated carbocycles. The molecule has 5 heteroatoms. The van der Waals surface area contributed by atoms with Crippen molar-refractivity contribution in [2.45, 2.75) is 50.7 Å². The Morgan fingerprint density at radius 1 is 1.23 bits per heavy atom. The summed E-state index contributed by atoms with van der Waals surface area (Å²) < 4.78 is 0. The van der Waals surface area contributed by atoms with E-state index in [1.807, 2.05) is 0 Å². The van der Waals surface area contributed by atoms with Crippen LogP contribution in [0.15, 0.2) is 24.3 Å². The molecule has 2 atom stereocenters. The molecular formula is C21H30N4O. The van der Waals surface area contributed by atoms with Gasteiger partial charge in [-0.15, -0.1) is 0 Å². The number of nitrogens with one attached hydrogen (secondary N) is 2.